The van der Waals surface area contributed by atoms with Gasteiger partial charge in [-0.2, -0.15) is 0 Å². The smallest absolute Gasteiger partial charge is 0.101 e. The van der Waals surface area contributed by atoms with E-state index in [1.165, 1.54) is 5.56 Å². The molecule has 1 rings (SSSR count). The number of hydrogen-bond donors (Lipinski definition) is 1. The molecule has 0 aliphatic rings. The predicted molar refractivity (Wildman–Crippen MR) is 71.9 cm³/mol. The lowest BCUT2D eigenvalue weighted by Gasteiger charge is -2.21. The van der Waals surface area contributed by atoms with Crippen LogP contribution in [-0.2, 0) is 0 Å². The Bertz CT molecular complexity index is 331. The van der Waals surface area contributed by atoms with Crippen molar-refractivity contribution in [1.29, 1.82) is 0 Å². The molecule has 0 radical (unpaired) electrons. The summed E-state index contributed by atoms with van der Waals surface area (Å²) >= 11 is 1.83. The Labute approximate surface area is 103 Å². The highest BCUT2D eigenvalue weighted by Gasteiger charge is 2.17. The Hall–Kier alpha value is -0.540. The van der Waals surface area contributed by atoms with Crippen molar-refractivity contribution >= 4 is 11.8 Å². The highest BCUT2D eigenvalue weighted by molar-refractivity contribution is 8.00. The fourth-order valence-electron chi connectivity index (χ4n) is 1.52. The molecule has 1 aromatic rings. The Morgan fingerprint density at radius 2 is 2.12 bits per heavy atom. The number of aromatic nitrogens is 1. The molecule has 0 fully saturated rings. The van der Waals surface area contributed by atoms with E-state index in [0.29, 0.717) is 6.04 Å². The molecule has 3 heteroatoms. The van der Waals surface area contributed by atoms with Crippen LogP contribution in [0.1, 0.15) is 46.2 Å². The van der Waals surface area contributed by atoms with Gasteiger partial charge in [-0.05, 0) is 19.5 Å². The van der Waals surface area contributed by atoms with E-state index >= 15 is 0 Å². The van der Waals surface area contributed by atoms with Crippen molar-refractivity contribution in [1.82, 2.24) is 10.3 Å². The number of nitrogens with one attached hydrogen (secondary N) is 1. The first-order valence-electron chi connectivity index (χ1n) is 5.81. The molecule has 1 aromatic heterocycles. The zero-order valence-corrected chi connectivity index (χ0v) is 11.7. The van der Waals surface area contributed by atoms with E-state index in [1.54, 1.807) is 0 Å². The molecule has 0 bridgehead atoms. The van der Waals surface area contributed by atoms with Crippen LogP contribution < -0.4 is 5.32 Å². The van der Waals surface area contributed by atoms with Crippen molar-refractivity contribution in [2.24, 2.45) is 0 Å². The van der Waals surface area contributed by atoms with Gasteiger partial charge < -0.3 is 5.32 Å². The Balaban J connectivity index is 2.91. The van der Waals surface area contributed by atoms with Gasteiger partial charge in [0, 0.05) is 22.5 Å². The van der Waals surface area contributed by atoms with Crippen molar-refractivity contribution in [3.63, 3.8) is 0 Å². The molecule has 0 saturated heterocycles. The highest BCUT2D eigenvalue weighted by Crippen LogP contribution is 2.34. The minimum Gasteiger partial charge on any atom is -0.310 e. The van der Waals surface area contributed by atoms with E-state index in [2.05, 4.69) is 51.0 Å². The van der Waals surface area contributed by atoms with Crippen LogP contribution in [0.3, 0.4) is 0 Å². The van der Waals surface area contributed by atoms with Crippen LogP contribution in [0.5, 0.6) is 0 Å². The maximum Gasteiger partial charge on any atom is 0.101 e. The SMILES string of the molecule is CCNC(C)c1cccnc1SC(C)(C)C. The predicted octanol–water partition coefficient (Wildman–Crippen LogP) is 3.64. The average molecular weight is 238 g/mol. The van der Waals surface area contributed by atoms with Crippen molar-refractivity contribution in [3.8, 4) is 0 Å². The van der Waals surface area contributed by atoms with E-state index in [0.717, 1.165) is 11.6 Å². The van der Waals surface area contributed by atoms with Crippen molar-refractivity contribution < 1.29 is 0 Å². The van der Waals surface area contributed by atoms with Crippen LogP contribution in [-0.4, -0.2) is 16.3 Å². The molecule has 16 heavy (non-hydrogen) atoms. The second kappa shape index (κ2) is 5.69. The zero-order chi connectivity index (χ0) is 12.2. The molecule has 0 saturated carbocycles. The molecule has 1 atom stereocenters. The van der Waals surface area contributed by atoms with Crippen molar-refractivity contribution in [2.75, 3.05) is 6.54 Å². The highest BCUT2D eigenvalue weighted by atomic mass is 32.2. The van der Waals surface area contributed by atoms with Gasteiger partial charge in [-0.1, -0.05) is 33.8 Å². The average Bonchev–Trinajstić information content (AvgIpc) is 2.16. The summed E-state index contributed by atoms with van der Waals surface area (Å²) in [6, 6.07) is 4.54. The lowest BCUT2D eigenvalue weighted by Crippen LogP contribution is -2.19. The van der Waals surface area contributed by atoms with E-state index in [9.17, 15) is 0 Å². The third-order valence-corrected chi connectivity index (χ3v) is 3.33. The summed E-state index contributed by atoms with van der Waals surface area (Å²) in [7, 11) is 0. The summed E-state index contributed by atoms with van der Waals surface area (Å²) in [6.07, 6.45) is 1.87. The molecular weight excluding hydrogens is 216 g/mol. The fraction of sp³-hybridized carbons (Fsp3) is 0.615. The molecule has 1 N–H and O–H groups in total. The number of nitrogens with zero attached hydrogens (tertiary/aromatic N) is 1. The second-order valence-corrected chi connectivity index (χ2v) is 6.71. The third kappa shape index (κ3) is 4.14. The lowest BCUT2D eigenvalue weighted by molar-refractivity contribution is 0.584. The van der Waals surface area contributed by atoms with Gasteiger partial charge in [0.05, 0.1) is 0 Å². The van der Waals surface area contributed by atoms with Gasteiger partial charge in [-0.3, -0.25) is 0 Å². The summed E-state index contributed by atoms with van der Waals surface area (Å²) in [6.45, 7) is 11.9. The Morgan fingerprint density at radius 1 is 1.44 bits per heavy atom. The number of thioether (sulfide) groups is 1. The van der Waals surface area contributed by atoms with Gasteiger partial charge in [-0.15, -0.1) is 11.8 Å². The molecule has 0 amide bonds. The molecular formula is C13H22N2S. The van der Waals surface area contributed by atoms with Crippen LogP contribution in [0.2, 0.25) is 0 Å². The Morgan fingerprint density at radius 3 is 2.69 bits per heavy atom. The summed E-state index contributed by atoms with van der Waals surface area (Å²) in [5, 5.41) is 4.58. The summed E-state index contributed by atoms with van der Waals surface area (Å²) in [5.41, 5.74) is 1.30. The fourth-order valence-corrected chi connectivity index (χ4v) is 2.58. The molecule has 0 spiro atoms. The van der Waals surface area contributed by atoms with Gasteiger partial charge in [0.1, 0.15) is 5.03 Å². The molecule has 0 aromatic carbocycles. The zero-order valence-electron chi connectivity index (χ0n) is 10.9. The van der Waals surface area contributed by atoms with Crippen LogP contribution >= 0.6 is 11.8 Å². The van der Waals surface area contributed by atoms with Gasteiger partial charge >= 0.3 is 0 Å². The Kier molecular flexibility index (Phi) is 4.81. The molecule has 2 nitrogen and oxygen atoms in total. The molecule has 1 heterocycles. The number of rotatable bonds is 4. The van der Waals surface area contributed by atoms with Crippen molar-refractivity contribution in [3.05, 3.63) is 23.9 Å². The van der Waals surface area contributed by atoms with Crippen LogP contribution in [0.15, 0.2) is 23.4 Å². The summed E-state index contributed by atoms with van der Waals surface area (Å²) in [5.74, 6) is 0. The number of pyridine rings is 1. The van der Waals surface area contributed by atoms with E-state index < -0.39 is 0 Å². The molecule has 1 unspecified atom stereocenters. The van der Waals surface area contributed by atoms with Crippen LogP contribution in [0.25, 0.3) is 0 Å². The second-order valence-electron chi connectivity index (χ2n) is 4.89. The van der Waals surface area contributed by atoms with E-state index in [1.807, 2.05) is 24.0 Å². The quantitative estimate of drug-likeness (QED) is 0.811. The first-order valence-corrected chi connectivity index (χ1v) is 6.63. The normalized spacial score (nSPS) is 13.8. The van der Waals surface area contributed by atoms with Gasteiger partial charge in [0.25, 0.3) is 0 Å². The largest absolute Gasteiger partial charge is 0.310 e. The minimum atomic E-state index is 0.203. The third-order valence-electron chi connectivity index (χ3n) is 2.18. The minimum absolute atomic E-state index is 0.203. The summed E-state index contributed by atoms with van der Waals surface area (Å²) in [4.78, 5) is 4.49. The van der Waals surface area contributed by atoms with Gasteiger partial charge in [0.2, 0.25) is 0 Å². The monoisotopic (exact) mass is 238 g/mol. The molecule has 0 aliphatic carbocycles. The maximum atomic E-state index is 4.49. The lowest BCUT2D eigenvalue weighted by atomic mass is 10.1. The molecule has 0 aliphatic heterocycles. The maximum absolute atomic E-state index is 4.49. The first kappa shape index (κ1) is 13.5. The van der Waals surface area contributed by atoms with E-state index in [4.69, 9.17) is 0 Å². The van der Waals surface area contributed by atoms with Gasteiger partial charge in [-0.25, -0.2) is 4.98 Å². The standard InChI is InChI=1S/C13H22N2S/c1-6-14-10(2)11-8-7-9-15-12(11)16-13(3,4)5/h7-10,14H,6H2,1-5H3. The van der Waals surface area contributed by atoms with Crippen LogP contribution in [0.4, 0.5) is 0 Å². The topological polar surface area (TPSA) is 24.9 Å². The van der Waals surface area contributed by atoms with Crippen LogP contribution in [0, 0.1) is 0 Å². The number of hydrogen-bond acceptors (Lipinski definition) is 3. The summed E-state index contributed by atoms with van der Waals surface area (Å²) < 4.78 is 0.203. The molecule has 90 valence electrons. The first-order chi connectivity index (χ1) is 7.44. The van der Waals surface area contributed by atoms with Crippen molar-refractivity contribution in [2.45, 2.75) is 50.4 Å². The van der Waals surface area contributed by atoms with E-state index in [-0.39, 0.29) is 4.75 Å². The van der Waals surface area contributed by atoms with Gasteiger partial charge in [0.15, 0.2) is 0 Å².